The highest BCUT2D eigenvalue weighted by atomic mass is 16.6. The summed E-state index contributed by atoms with van der Waals surface area (Å²) < 4.78 is 38.3. The molecule has 0 atom stereocenters. The number of hydrogen-bond acceptors (Lipinski definition) is 7. The van der Waals surface area contributed by atoms with Crippen LogP contribution in [-0.4, -0.2) is 91.5 Å². The summed E-state index contributed by atoms with van der Waals surface area (Å²) >= 11 is 0. The van der Waals surface area contributed by atoms with Crippen LogP contribution in [0.3, 0.4) is 0 Å². The van der Waals surface area contributed by atoms with E-state index in [-0.39, 0.29) is 11.0 Å². The lowest BCUT2D eigenvalue weighted by atomic mass is 9.99. The predicted octanol–water partition coefficient (Wildman–Crippen LogP) is 2.95. The molecule has 0 aromatic rings. The summed E-state index contributed by atoms with van der Waals surface area (Å²) in [5.41, 5.74) is 0.0814. The maximum atomic E-state index is 5.56. The Labute approximate surface area is 172 Å². The third-order valence-electron chi connectivity index (χ3n) is 3.16. The first-order valence-electron chi connectivity index (χ1n) is 10.3. The topological polar surface area (TPSA) is 64.6 Å². The monoisotopic (exact) mass is 408 g/mol. The second-order valence-corrected chi connectivity index (χ2v) is 8.64. The van der Waals surface area contributed by atoms with Crippen molar-refractivity contribution < 1.29 is 33.2 Å². The van der Waals surface area contributed by atoms with Crippen LogP contribution in [0.5, 0.6) is 0 Å². The highest BCUT2D eigenvalue weighted by molar-refractivity contribution is 4.58. The van der Waals surface area contributed by atoms with Gasteiger partial charge in [-0.1, -0.05) is 20.8 Å². The molecule has 28 heavy (non-hydrogen) atoms. The summed E-state index contributed by atoms with van der Waals surface area (Å²) in [6.45, 7) is 20.2. The van der Waals surface area contributed by atoms with Crippen molar-refractivity contribution in [1.29, 1.82) is 0 Å². The zero-order chi connectivity index (χ0) is 21.1. The van der Waals surface area contributed by atoms with Crippen LogP contribution in [0.1, 0.15) is 41.5 Å². The minimum absolute atomic E-state index is 0.116. The Morgan fingerprint density at radius 3 is 0.964 bits per heavy atom. The van der Waals surface area contributed by atoms with Crippen LogP contribution in [0.2, 0.25) is 0 Å². The Morgan fingerprint density at radius 2 is 0.679 bits per heavy atom. The first-order chi connectivity index (χ1) is 13.2. The van der Waals surface area contributed by atoms with Crippen LogP contribution in [-0.2, 0) is 33.2 Å². The summed E-state index contributed by atoms with van der Waals surface area (Å²) in [5.74, 6) is 0. The van der Waals surface area contributed by atoms with Crippen LogP contribution in [0.4, 0.5) is 0 Å². The fourth-order valence-electron chi connectivity index (χ4n) is 1.88. The van der Waals surface area contributed by atoms with E-state index in [4.69, 9.17) is 33.2 Å². The van der Waals surface area contributed by atoms with Gasteiger partial charge in [0.25, 0.3) is 0 Å². The van der Waals surface area contributed by atoms with Gasteiger partial charge >= 0.3 is 0 Å². The van der Waals surface area contributed by atoms with E-state index in [2.05, 4.69) is 20.8 Å². The van der Waals surface area contributed by atoms with Crippen molar-refractivity contribution in [3.05, 3.63) is 0 Å². The van der Waals surface area contributed by atoms with Gasteiger partial charge in [0.2, 0.25) is 0 Å². The summed E-state index contributed by atoms with van der Waals surface area (Å²) in [6, 6.07) is 0. The van der Waals surface area contributed by atoms with Gasteiger partial charge < -0.3 is 33.2 Å². The summed E-state index contributed by atoms with van der Waals surface area (Å²) in [6.07, 6.45) is 0. The van der Waals surface area contributed by atoms with Crippen molar-refractivity contribution in [2.75, 3.05) is 85.9 Å². The number of rotatable bonds is 19. The van der Waals surface area contributed by atoms with Crippen LogP contribution in [0.25, 0.3) is 0 Å². The maximum Gasteiger partial charge on any atom is 0.0707 e. The molecular formula is C21H44O7. The molecule has 7 nitrogen and oxygen atoms in total. The van der Waals surface area contributed by atoms with Gasteiger partial charge in [0, 0.05) is 0 Å². The van der Waals surface area contributed by atoms with E-state index >= 15 is 0 Å². The van der Waals surface area contributed by atoms with Gasteiger partial charge in [-0.3, -0.25) is 0 Å². The Morgan fingerprint density at radius 1 is 0.393 bits per heavy atom. The van der Waals surface area contributed by atoms with Crippen molar-refractivity contribution in [3.63, 3.8) is 0 Å². The minimum Gasteiger partial charge on any atom is -0.379 e. The molecule has 0 N–H and O–H groups in total. The first-order valence-corrected chi connectivity index (χ1v) is 10.3. The summed E-state index contributed by atoms with van der Waals surface area (Å²) in [5, 5.41) is 0. The van der Waals surface area contributed by atoms with Crippen LogP contribution in [0, 0.1) is 5.41 Å². The van der Waals surface area contributed by atoms with Gasteiger partial charge in [0.15, 0.2) is 0 Å². The van der Waals surface area contributed by atoms with Crippen molar-refractivity contribution in [2.24, 2.45) is 5.41 Å². The highest BCUT2D eigenvalue weighted by Crippen LogP contribution is 2.12. The molecule has 0 radical (unpaired) electrons. The van der Waals surface area contributed by atoms with Gasteiger partial charge in [0.05, 0.1) is 91.5 Å². The molecule has 170 valence electrons. The molecule has 0 heterocycles. The van der Waals surface area contributed by atoms with E-state index in [0.717, 1.165) is 6.61 Å². The molecule has 0 spiro atoms. The van der Waals surface area contributed by atoms with Crippen molar-refractivity contribution in [2.45, 2.75) is 47.1 Å². The Kier molecular flexibility index (Phi) is 17.4. The zero-order valence-electron chi connectivity index (χ0n) is 19.1. The first kappa shape index (κ1) is 27.7. The molecule has 0 amide bonds. The molecule has 0 aliphatic carbocycles. The highest BCUT2D eigenvalue weighted by Gasteiger charge is 2.09. The second-order valence-electron chi connectivity index (χ2n) is 8.64. The quantitative estimate of drug-likeness (QED) is 0.305. The maximum absolute atomic E-state index is 5.56. The summed E-state index contributed by atoms with van der Waals surface area (Å²) in [7, 11) is 0. The van der Waals surface area contributed by atoms with Crippen molar-refractivity contribution >= 4 is 0 Å². The van der Waals surface area contributed by atoms with Gasteiger partial charge in [0.1, 0.15) is 0 Å². The van der Waals surface area contributed by atoms with E-state index in [0.29, 0.717) is 79.3 Å². The molecule has 0 unspecified atom stereocenters. The van der Waals surface area contributed by atoms with Crippen LogP contribution < -0.4 is 0 Å². The summed E-state index contributed by atoms with van der Waals surface area (Å²) in [4.78, 5) is 0. The standard InChI is InChI=1S/C21H44O7/c1-20(2,3)19-27-16-15-25-12-11-23-8-7-22-9-10-24-13-14-26-17-18-28-21(4,5)6/h7-19H2,1-6H3. The van der Waals surface area contributed by atoms with Gasteiger partial charge in [-0.15, -0.1) is 0 Å². The SMILES string of the molecule is CC(C)(C)COCCOCCOCCOCCOCCOCCOC(C)(C)C. The molecule has 0 bridgehead atoms. The lowest BCUT2D eigenvalue weighted by Crippen LogP contribution is -2.22. The van der Waals surface area contributed by atoms with E-state index < -0.39 is 0 Å². The lowest BCUT2D eigenvalue weighted by Gasteiger charge is -2.19. The number of ether oxygens (including phenoxy) is 7. The van der Waals surface area contributed by atoms with E-state index in [1.165, 1.54) is 0 Å². The predicted molar refractivity (Wildman–Crippen MR) is 110 cm³/mol. The van der Waals surface area contributed by atoms with Crippen LogP contribution >= 0.6 is 0 Å². The Hall–Kier alpha value is -0.280. The van der Waals surface area contributed by atoms with Gasteiger partial charge in [-0.2, -0.15) is 0 Å². The van der Waals surface area contributed by atoms with Crippen molar-refractivity contribution in [3.8, 4) is 0 Å². The normalized spacial score (nSPS) is 12.6. The molecule has 0 saturated heterocycles. The Bertz CT molecular complexity index is 292. The molecule has 0 aliphatic heterocycles. The molecule has 0 fully saturated rings. The molecule has 7 heteroatoms. The van der Waals surface area contributed by atoms with E-state index in [1.54, 1.807) is 0 Å². The smallest absolute Gasteiger partial charge is 0.0707 e. The fourth-order valence-corrected chi connectivity index (χ4v) is 1.88. The average Bonchev–Trinajstić information content (AvgIpc) is 2.58. The number of hydrogen-bond donors (Lipinski definition) is 0. The van der Waals surface area contributed by atoms with E-state index in [9.17, 15) is 0 Å². The molecule has 0 rings (SSSR count). The third kappa shape index (κ3) is 25.7. The lowest BCUT2D eigenvalue weighted by molar-refractivity contribution is -0.0467. The van der Waals surface area contributed by atoms with Crippen LogP contribution in [0.15, 0.2) is 0 Å². The molecule has 0 aliphatic rings. The molecule has 0 saturated carbocycles. The molecule has 0 aromatic heterocycles. The van der Waals surface area contributed by atoms with Gasteiger partial charge in [-0.25, -0.2) is 0 Å². The Balaban J connectivity index is 3.07. The van der Waals surface area contributed by atoms with Crippen molar-refractivity contribution in [1.82, 2.24) is 0 Å². The average molecular weight is 409 g/mol. The fraction of sp³-hybridized carbons (Fsp3) is 1.00. The molecular weight excluding hydrogens is 364 g/mol. The van der Waals surface area contributed by atoms with E-state index in [1.807, 2.05) is 20.8 Å². The third-order valence-corrected chi connectivity index (χ3v) is 3.16. The minimum atomic E-state index is -0.116. The zero-order valence-corrected chi connectivity index (χ0v) is 19.1. The molecule has 0 aromatic carbocycles. The largest absolute Gasteiger partial charge is 0.379 e. The second kappa shape index (κ2) is 17.6. The van der Waals surface area contributed by atoms with Gasteiger partial charge in [-0.05, 0) is 26.2 Å².